The van der Waals surface area contributed by atoms with E-state index in [1.54, 1.807) is 12.0 Å². The van der Waals surface area contributed by atoms with Gasteiger partial charge in [-0.05, 0) is 24.0 Å². The third-order valence-electron chi connectivity index (χ3n) is 5.86. The Balaban J connectivity index is 0.00000101. The van der Waals surface area contributed by atoms with Gasteiger partial charge in [0.25, 0.3) is 6.47 Å². The van der Waals surface area contributed by atoms with E-state index in [2.05, 4.69) is 41.0 Å². The molecule has 0 bridgehead atoms. The lowest BCUT2D eigenvalue weighted by Crippen LogP contribution is -2.41. The Morgan fingerprint density at radius 2 is 1.90 bits per heavy atom. The number of hydrogen-bond acceptors (Lipinski definition) is 5. The second-order valence-electron chi connectivity index (χ2n) is 8.02. The first-order valence-corrected chi connectivity index (χ1v) is 10.3. The molecule has 3 rings (SSSR count). The number of ether oxygens (including phenoxy) is 2. The number of rotatable bonds is 7. The number of aryl methyl sites for hydroxylation is 1. The van der Waals surface area contributed by atoms with E-state index in [4.69, 9.17) is 19.4 Å². The summed E-state index contributed by atoms with van der Waals surface area (Å²) < 4.78 is 10.7. The monoisotopic (exact) mass is 421 g/mol. The molecule has 0 radical (unpaired) electrons. The average molecular weight is 422 g/mol. The van der Waals surface area contributed by atoms with Crippen molar-refractivity contribution in [2.45, 2.75) is 13.0 Å². The van der Waals surface area contributed by atoms with Gasteiger partial charge >= 0.3 is 6.03 Å². The molecule has 8 nitrogen and oxygen atoms in total. The van der Waals surface area contributed by atoms with Crippen molar-refractivity contribution in [2.75, 3.05) is 67.2 Å². The molecule has 2 fully saturated rings. The number of methoxy groups -OCH3 is 1. The van der Waals surface area contributed by atoms with Gasteiger partial charge in [-0.25, -0.2) is 4.79 Å². The van der Waals surface area contributed by atoms with E-state index in [1.807, 2.05) is 14.1 Å². The zero-order valence-electron chi connectivity index (χ0n) is 18.5. The number of carbonyl (C=O) groups is 2. The van der Waals surface area contributed by atoms with E-state index in [0.717, 1.165) is 32.8 Å². The van der Waals surface area contributed by atoms with Crippen LogP contribution in [0.15, 0.2) is 24.3 Å². The van der Waals surface area contributed by atoms with E-state index in [0.29, 0.717) is 25.0 Å². The Morgan fingerprint density at radius 1 is 1.20 bits per heavy atom. The van der Waals surface area contributed by atoms with Crippen molar-refractivity contribution in [2.24, 2.45) is 11.8 Å². The quantitative estimate of drug-likeness (QED) is 0.535. The molecule has 2 aliphatic heterocycles. The number of hydrogen-bond donors (Lipinski definition) is 1. The third-order valence-corrected chi connectivity index (χ3v) is 5.86. The smallest absolute Gasteiger partial charge is 0.320 e. The van der Waals surface area contributed by atoms with E-state index in [1.165, 1.54) is 11.1 Å². The van der Waals surface area contributed by atoms with E-state index < -0.39 is 0 Å². The molecule has 0 spiro atoms. The van der Waals surface area contributed by atoms with Crippen molar-refractivity contribution >= 4 is 12.5 Å². The van der Waals surface area contributed by atoms with Crippen LogP contribution in [0.5, 0.6) is 0 Å². The molecule has 1 aromatic rings. The fourth-order valence-electron chi connectivity index (χ4n) is 4.53. The zero-order chi connectivity index (χ0) is 22.1. The molecule has 1 N–H and O–H groups in total. The van der Waals surface area contributed by atoms with Gasteiger partial charge in [-0.1, -0.05) is 24.3 Å². The van der Waals surface area contributed by atoms with Crippen molar-refractivity contribution in [3.05, 3.63) is 35.4 Å². The highest BCUT2D eigenvalue weighted by Crippen LogP contribution is 2.45. The number of urea groups is 1. The van der Waals surface area contributed by atoms with Gasteiger partial charge < -0.3 is 29.3 Å². The van der Waals surface area contributed by atoms with Crippen molar-refractivity contribution in [3.8, 4) is 0 Å². The Morgan fingerprint density at radius 3 is 2.53 bits per heavy atom. The van der Waals surface area contributed by atoms with Gasteiger partial charge in [-0.3, -0.25) is 4.79 Å². The lowest BCUT2D eigenvalue weighted by atomic mass is 9.88. The van der Waals surface area contributed by atoms with Crippen molar-refractivity contribution in [3.63, 3.8) is 0 Å². The summed E-state index contributed by atoms with van der Waals surface area (Å²) in [5.74, 6) is 1.01. The molecule has 0 saturated carbocycles. The minimum Gasteiger partial charge on any atom is -0.483 e. The highest BCUT2D eigenvalue weighted by atomic mass is 16.5. The first-order valence-electron chi connectivity index (χ1n) is 10.3. The maximum absolute atomic E-state index is 12.8. The van der Waals surface area contributed by atoms with E-state index in [9.17, 15) is 4.79 Å². The van der Waals surface area contributed by atoms with Gasteiger partial charge in [0.05, 0.1) is 25.9 Å². The zero-order valence-corrected chi connectivity index (χ0v) is 18.5. The van der Waals surface area contributed by atoms with Gasteiger partial charge in [0.15, 0.2) is 0 Å². The summed E-state index contributed by atoms with van der Waals surface area (Å²) in [6.45, 7) is 7.76. The Bertz CT molecular complexity index is 684. The molecule has 2 saturated heterocycles. The van der Waals surface area contributed by atoms with Crippen LogP contribution in [0.3, 0.4) is 0 Å². The molecule has 8 heteroatoms. The minimum atomic E-state index is -0.250. The van der Waals surface area contributed by atoms with Gasteiger partial charge in [-0.15, -0.1) is 0 Å². The first-order chi connectivity index (χ1) is 14.4. The number of carbonyl (C=O) groups excluding carboxylic acids is 1. The maximum Gasteiger partial charge on any atom is 0.320 e. The predicted octanol–water partition coefficient (Wildman–Crippen LogP) is 1.95. The average Bonchev–Trinajstić information content (AvgIpc) is 3.26. The molecule has 0 aliphatic carbocycles. The van der Waals surface area contributed by atoms with Crippen LogP contribution in [0, 0.1) is 18.8 Å². The second kappa shape index (κ2) is 11.9. The molecule has 2 heterocycles. The minimum absolute atomic E-state index is 0.118. The van der Waals surface area contributed by atoms with Gasteiger partial charge in [0.2, 0.25) is 0 Å². The highest BCUT2D eigenvalue weighted by molar-refractivity contribution is 5.75. The van der Waals surface area contributed by atoms with Gasteiger partial charge in [0.1, 0.15) is 0 Å². The van der Waals surface area contributed by atoms with Crippen LogP contribution < -0.4 is 0 Å². The summed E-state index contributed by atoms with van der Waals surface area (Å²) in [5, 5.41) is 6.89. The number of likely N-dealkylation sites (tertiary alicyclic amines) is 2. The van der Waals surface area contributed by atoms with Gasteiger partial charge in [0, 0.05) is 53.3 Å². The van der Waals surface area contributed by atoms with Crippen LogP contribution >= 0.6 is 0 Å². The summed E-state index contributed by atoms with van der Waals surface area (Å²) >= 11 is 0. The number of amides is 2. The topological polar surface area (TPSA) is 82.6 Å². The molecule has 2 aliphatic rings. The van der Waals surface area contributed by atoms with E-state index >= 15 is 0 Å². The van der Waals surface area contributed by atoms with Crippen LogP contribution in [0.1, 0.15) is 17.2 Å². The summed E-state index contributed by atoms with van der Waals surface area (Å²) in [5.41, 5.74) is 2.56. The normalized spacial score (nSPS) is 22.9. The number of benzene rings is 1. The van der Waals surface area contributed by atoms with Gasteiger partial charge in [-0.2, -0.15) is 0 Å². The number of nitrogens with zero attached hydrogens (tertiary/aromatic N) is 3. The maximum atomic E-state index is 12.8. The van der Waals surface area contributed by atoms with Crippen molar-refractivity contribution in [1.29, 1.82) is 0 Å². The SMILES string of the molecule is COCCOCCN1C[C@@H]2CN(C(=O)N(C)C)[C@@H](c3ccccc3C)[C@@H]2C1.O=CO. The van der Waals surface area contributed by atoms with Crippen LogP contribution in [0.25, 0.3) is 0 Å². The molecule has 30 heavy (non-hydrogen) atoms. The fourth-order valence-corrected chi connectivity index (χ4v) is 4.53. The molecule has 0 aromatic heterocycles. The molecule has 1 aromatic carbocycles. The van der Waals surface area contributed by atoms with Crippen LogP contribution in [0.4, 0.5) is 4.79 Å². The molecular formula is C22H35N3O5. The Labute approximate surface area is 179 Å². The lowest BCUT2D eigenvalue weighted by molar-refractivity contribution is -0.122. The number of fused-ring (bicyclic) bond motifs is 1. The molecular weight excluding hydrogens is 386 g/mol. The summed E-state index contributed by atoms with van der Waals surface area (Å²) in [6.07, 6.45) is 0. The van der Waals surface area contributed by atoms with Crippen LogP contribution in [-0.2, 0) is 14.3 Å². The molecule has 3 atom stereocenters. The predicted molar refractivity (Wildman–Crippen MR) is 115 cm³/mol. The lowest BCUT2D eigenvalue weighted by Gasteiger charge is -2.32. The Hall–Kier alpha value is -2.16. The molecule has 2 amide bonds. The van der Waals surface area contributed by atoms with Crippen LogP contribution in [0.2, 0.25) is 0 Å². The van der Waals surface area contributed by atoms with Crippen molar-refractivity contribution in [1.82, 2.24) is 14.7 Å². The first kappa shape index (κ1) is 24.1. The van der Waals surface area contributed by atoms with Crippen molar-refractivity contribution < 1.29 is 24.2 Å². The second-order valence-corrected chi connectivity index (χ2v) is 8.02. The highest BCUT2D eigenvalue weighted by Gasteiger charge is 2.49. The molecule has 168 valence electrons. The summed E-state index contributed by atoms with van der Waals surface area (Å²) in [4.78, 5) is 27.5. The van der Waals surface area contributed by atoms with Crippen LogP contribution in [-0.4, -0.2) is 99.5 Å². The fraction of sp³-hybridized carbons (Fsp3) is 0.636. The Kier molecular flexibility index (Phi) is 9.55. The standard InChI is InChI=1S/C21H33N3O3.CH2O2/c1-16-7-5-6-8-18(16)20-19-15-23(9-10-27-12-11-26-4)13-17(19)14-24(20)21(25)22(2)3;2-1-3/h5-8,17,19-20H,9-15H2,1-4H3;1H,(H,2,3)/t17-,19-,20+;/m1./s1. The van der Waals surface area contributed by atoms with E-state index in [-0.39, 0.29) is 18.5 Å². The third kappa shape index (κ3) is 5.93. The largest absolute Gasteiger partial charge is 0.483 e. The summed E-state index contributed by atoms with van der Waals surface area (Å²) in [6, 6.07) is 8.77. The number of carboxylic acid groups (broad SMARTS) is 1. The summed E-state index contributed by atoms with van der Waals surface area (Å²) in [7, 11) is 5.38. The molecule has 0 unspecified atom stereocenters.